The van der Waals surface area contributed by atoms with Gasteiger partial charge < -0.3 is 0 Å². The molecule has 0 aliphatic heterocycles. The van der Waals surface area contributed by atoms with E-state index < -0.39 is 18.4 Å². The zero-order valence-electron chi connectivity index (χ0n) is 14.3. The van der Waals surface area contributed by atoms with Crippen LogP contribution in [0, 0.1) is 11.8 Å². The molecule has 0 saturated heterocycles. The van der Waals surface area contributed by atoms with Crippen molar-refractivity contribution in [2.75, 3.05) is 0 Å². The molecule has 2 rings (SSSR count). The van der Waals surface area contributed by atoms with Crippen molar-refractivity contribution < 1.29 is 0 Å². The summed E-state index contributed by atoms with van der Waals surface area (Å²) in [6, 6.07) is 0. The molecule has 0 aromatic rings. The van der Waals surface area contributed by atoms with E-state index in [1.165, 1.54) is 44.9 Å². The zero-order valence-corrected chi connectivity index (χ0v) is 18.7. The molecule has 0 amide bonds. The van der Waals surface area contributed by atoms with Crippen LogP contribution in [0.1, 0.15) is 65.7 Å². The van der Waals surface area contributed by atoms with Crippen LogP contribution >= 0.6 is 15.9 Å². The molecule has 0 aromatic heterocycles. The van der Waals surface area contributed by atoms with E-state index in [-0.39, 0.29) is 0 Å². The van der Waals surface area contributed by atoms with E-state index in [4.69, 9.17) is 0 Å². The van der Waals surface area contributed by atoms with Gasteiger partial charge in [0.2, 0.25) is 0 Å². The van der Waals surface area contributed by atoms with Gasteiger partial charge in [0.1, 0.15) is 0 Å². The van der Waals surface area contributed by atoms with Crippen molar-refractivity contribution in [1.82, 2.24) is 0 Å². The molecular formula is C19H33BrSn. The average molecular weight is 460 g/mol. The van der Waals surface area contributed by atoms with Gasteiger partial charge in [0.25, 0.3) is 0 Å². The van der Waals surface area contributed by atoms with Crippen LogP contribution in [0.4, 0.5) is 0 Å². The molecule has 0 unspecified atom stereocenters. The fourth-order valence-corrected chi connectivity index (χ4v) is 26.0. The van der Waals surface area contributed by atoms with Gasteiger partial charge >= 0.3 is 145 Å². The van der Waals surface area contributed by atoms with Crippen LogP contribution in [0.2, 0.25) is 13.3 Å². The van der Waals surface area contributed by atoms with E-state index in [0.29, 0.717) is 0 Å². The topological polar surface area (TPSA) is 0 Å². The molecule has 120 valence electrons. The van der Waals surface area contributed by atoms with Gasteiger partial charge in [0, 0.05) is 0 Å². The molecule has 2 aliphatic rings. The van der Waals surface area contributed by atoms with Crippen LogP contribution in [0.5, 0.6) is 0 Å². The Bertz CT molecular complexity index is 375. The predicted octanol–water partition coefficient (Wildman–Crippen LogP) is 7.23. The molecule has 21 heavy (non-hydrogen) atoms. The first-order valence-corrected chi connectivity index (χ1v) is 17.5. The van der Waals surface area contributed by atoms with Crippen LogP contribution in [-0.2, 0) is 0 Å². The van der Waals surface area contributed by atoms with Crippen molar-refractivity contribution in [2.45, 2.75) is 79.0 Å². The summed E-state index contributed by atoms with van der Waals surface area (Å²) >= 11 is 1.90. The molecule has 0 N–H and O–H groups in total. The maximum absolute atomic E-state index is 4.05. The Balaban J connectivity index is 2.27. The third-order valence-corrected chi connectivity index (χ3v) is 24.0. The first-order valence-electron chi connectivity index (χ1n) is 9.26. The van der Waals surface area contributed by atoms with Crippen molar-refractivity contribution >= 4 is 34.3 Å². The standard InChI is InChI=1S/C7H6Br.3C4H9.Sn/c8-7-4-5-1-2-6(7)3-5;3*1-3-4-2;/h1-2,5-6H,3H2;3*1,3-4H2,2H3;/t5-,6+;;;;/m0..../s1. The van der Waals surface area contributed by atoms with Crippen molar-refractivity contribution in [3.8, 4) is 0 Å². The van der Waals surface area contributed by atoms with Gasteiger partial charge in [-0.05, 0) is 0 Å². The summed E-state index contributed by atoms with van der Waals surface area (Å²) in [6.45, 7) is 7.13. The van der Waals surface area contributed by atoms with Crippen LogP contribution in [0.3, 0.4) is 0 Å². The molecule has 0 fully saturated rings. The third-order valence-electron chi connectivity index (χ3n) is 5.64. The number of halogens is 1. The summed E-state index contributed by atoms with van der Waals surface area (Å²) in [5.74, 6) is 1.59. The molecule has 0 radical (unpaired) electrons. The van der Waals surface area contributed by atoms with Crippen molar-refractivity contribution in [3.63, 3.8) is 0 Å². The van der Waals surface area contributed by atoms with Gasteiger partial charge in [-0.25, -0.2) is 0 Å². The number of hydrogen-bond acceptors (Lipinski definition) is 0. The van der Waals surface area contributed by atoms with Gasteiger partial charge in [-0.3, -0.25) is 0 Å². The molecule has 2 bridgehead atoms. The van der Waals surface area contributed by atoms with Crippen molar-refractivity contribution in [2.24, 2.45) is 11.8 Å². The fourth-order valence-electron chi connectivity index (χ4n) is 4.45. The number of allylic oxidation sites excluding steroid dienone is 4. The molecule has 0 nitrogen and oxygen atoms in total. The first kappa shape index (κ1) is 18.1. The van der Waals surface area contributed by atoms with E-state index in [1.807, 2.05) is 3.59 Å². The Morgan fingerprint density at radius 3 is 1.76 bits per heavy atom. The Morgan fingerprint density at radius 2 is 1.38 bits per heavy atom. The van der Waals surface area contributed by atoms with Crippen LogP contribution < -0.4 is 0 Å². The third kappa shape index (κ3) is 4.00. The monoisotopic (exact) mass is 460 g/mol. The quantitative estimate of drug-likeness (QED) is 0.239. The molecule has 0 saturated carbocycles. The van der Waals surface area contributed by atoms with Crippen molar-refractivity contribution in [1.29, 1.82) is 0 Å². The second-order valence-electron chi connectivity index (χ2n) is 7.19. The number of unbranched alkanes of at least 4 members (excludes halogenated alkanes) is 3. The molecule has 0 heterocycles. The minimum absolute atomic E-state index is 0.756. The summed E-state index contributed by atoms with van der Waals surface area (Å²) in [6.07, 6.45) is 15.0. The van der Waals surface area contributed by atoms with Crippen LogP contribution in [-0.4, -0.2) is 18.4 Å². The number of hydrogen-bond donors (Lipinski definition) is 0. The minimum atomic E-state index is -2.16. The van der Waals surface area contributed by atoms with E-state index in [2.05, 4.69) is 48.9 Å². The fraction of sp³-hybridized carbons (Fsp3) is 0.789. The summed E-state index contributed by atoms with van der Waals surface area (Å²) < 4.78 is 8.53. The maximum atomic E-state index is 4.05. The number of fused-ring (bicyclic) bond motifs is 2. The van der Waals surface area contributed by atoms with E-state index in [9.17, 15) is 0 Å². The molecule has 0 spiro atoms. The van der Waals surface area contributed by atoms with Gasteiger partial charge in [0.15, 0.2) is 0 Å². The first-order chi connectivity index (χ1) is 10.2. The number of rotatable bonds is 10. The molecule has 2 heteroatoms. The predicted molar refractivity (Wildman–Crippen MR) is 102 cm³/mol. The van der Waals surface area contributed by atoms with Gasteiger partial charge in [-0.1, -0.05) is 0 Å². The van der Waals surface area contributed by atoms with E-state index in [1.54, 1.807) is 17.8 Å². The average Bonchev–Trinajstić information content (AvgIpc) is 3.08. The van der Waals surface area contributed by atoms with Crippen LogP contribution in [0.25, 0.3) is 0 Å². The van der Waals surface area contributed by atoms with E-state index in [0.717, 1.165) is 11.8 Å². The zero-order chi connectivity index (χ0) is 15.3. The second-order valence-corrected chi connectivity index (χ2v) is 21.2. The normalized spacial score (nSPS) is 24.4. The summed E-state index contributed by atoms with van der Waals surface area (Å²) in [5, 5.41) is 0. The Labute approximate surface area is 144 Å². The summed E-state index contributed by atoms with van der Waals surface area (Å²) in [4.78, 5) is 0. The van der Waals surface area contributed by atoms with Gasteiger partial charge in [-0.2, -0.15) is 0 Å². The second kappa shape index (κ2) is 8.57. The molecular weight excluding hydrogens is 427 g/mol. The summed E-state index contributed by atoms with van der Waals surface area (Å²) in [7, 11) is 0. The van der Waals surface area contributed by atoms with Crippen molar-refractivity contribution in [3.05, 3.63) is 20.2 Å². The van der Waals surface area contributed by atoms with Gasteiger partial charge in [-0.15, -0.1) is 0 Å². The van der Waals surface area contributed by atoms with E-state index >= 15 is 0 Å². The Kier molecular flexibility index (Phi) is 7.38. The molecule has 2 atom stereocenters. The van der Waals surface area contributed by atoms with Gasteiger partial charge in [0.05, 0.1) is 0 Å². The molecule has 2 aliphatic carbocycles. The van der Waals surface area contributed by atoms with Crippen LogP contribution in [0.15, 0.2) is 20.2 Å². The summed E-state index contributed by atoms with van der Waals surface area (Å²) in [5.41, 5.74) is 0. The molecule has 0 aromatic carbocycles. The Morgan fingerprint density at radius 1 is 0.905 bits per heavy atom. The Hall–Kier alpha value is 0.759. The SMILES string of the molecule is CCC[CH2][Sn]([CH2]CCC)([CH2]CCC)[C]1=C(Br)[C@@H]2C=C[C@H]1C2.